The van der Waals surface area contributed by atoms with E-state index in [-0.39, 0.29) is 22.8 Å². The molecule has 21 heavy (non-hydrogen) atoms. The van der Waals surface area contributed by atoms with Gasteiger partial charge in [-0.1, -0.05) is 36.4 Å². The molecule has 0 saturated heterocycles. The molecule has 1 heterocycles. The third-order valence-electron chi connectivity index (χ3n) is 3.16. The zero-order valence-corrected chi connectivity index (χ0v) is 11.0. The van der Waals surface area contributed by atoms with Crippen LogP contribution in [-0.4, -0.2) is 15.3 Å². The summed E-state index contributed by atoms with van der Waals surface area (Å²) in [6.07, 6.45) is 0. The number of aromatic hydroxyl groups is 1. The van der Waals surface area contributed by atoms with Crippen LogP contribution in [0.25, 0.3) is 22.4 Å². The van der Waals surface area contributed by atoms with E-state index in [2.05, 4.69) is 10.2 Å². The highest BCUT2D eigenvalue weighted by molar-refractivity contribution is 5.79. The topological polar surface area (TPSA) is 72.0 Å². The summed E-state index contributed by atoms with van der Waals surface area (Å²) < 4.78 is 13.9. The molecule has 3 aromatic rings. The predicted octanol–water partition coefficient (Wildman–Crippen LogP) is 3.24. The fraction of sp³-hybridized carbons (Fsp3) is 0. The maximum atomic E-state index is 13.9. The summed E-state index contributed by atoms with van der Waals surface area (Å²) in [6, 6.07) is 15.1. The Balaban J connectivity index is 2.19. The van der Waals surface area contributed by atoms with Gasteiger partial charge in [0.25, 0.3) is 0 Å². The summed E-state index contributed by atoms with van der Waals surface area (Å²) in [5.74, 6) is -0.498. The number of hydrogen-bond acceptors (Lipinski definition) is 4. The van der Waals surface area contributed by atoms with Crippen molar-refractivity contribution in [2.75, 3.05) is 5.73 Å². The molecule has 3 rings (SSSR count). The van der Waals surface area contributed by atoms with Crippen molar-refractivity contribution in [1.82, 2.24) is 10.2 Å². The molecule has 4 nitrogen and oxygen atoms in total. The van der Waals surface area contributed by atoms with Crippen molar-refractivity contribution in [2.45, 2.75) is 0 Å². The standard InChI is InChI=1S/C16H12FN3O/c17-12-7-4-8-14(21)15(12)13-9-11(16(18)20-19-13)10-5-2-1-3-6-10/h1-9,21H,(H2,18,20). The van der Waals surface area contributed by atoms with E-state index in [1.165, 1.54) is 18.2 Å². The fourth-order valence-corrected chi connectivity index (χ4v) is 2.14. The molecule has 0 unspecified atom stereocenters. The van der Waals surface area contributed by atoms with E-state index < -0.39 is 5.82 Å². The van der Waals surface area contributed by atoms with Gasteiger partial charge in [0.2, 0.25) is 0 Å². The van der Waals surface area contributed by atoms with Gasteiger partial charge in [-0.15, -0.1) is 10.2 Å². The number of benzene rings is 2. The number of phenols is 1. The van der Waals surface area contributed by atoms with Gasteiger partial charge in [-0.05, 0) is 23.8 Å². The number of nitrogen functional groups attached to an aromatic ring is 1. The van der Waals surface area contributed by atoms with Crippen molar-refractivity contribution in [3.05, 3.63) is 60.4 Å². The minimum atomic E-state index is -0.562. The summed E-state index contributed by atoms with van der Waals surface area (Å²) >= 11 is 0. The largest absolute Gasteiger partial charge is 0.507 e. The van der Waals surface area contributed by atoms with Gasteiger partial charge in [0.15, 0.2) is 5.82 Å². The van der Waals surface area contributed by atoms with Crippen LogP contribution in [0.2, 0.25) is 0 Å². The van der Waals surface area contributed by atoms with Crippen molar-refractivity contribution in [3.8, 4) is 28.1 Å². The highest BCUT2D eigenvalue weighted by Crippen LogP contribution is 2.33. The number of hydrogen-bond donors (Lipinski definition) is 2. The maximum absolute atomic E-state index is 13.9. The van der Waals surface area contributed by atoms with Crippen LogP contribution in [0.4, 0.5) is 10.2 Å². The summed E-state index contributed by atoms with van der Waals surface area (Å²) in [5, 5.41) is 17.6. The van der Waals surface area contributed by atoms with Gasteiger partial charge in [0.05, 0.1) is 5.56 Å². The van der Waals surface area contributed by atoms with Crippen LogP contribution in [0.1, 0.15) is 0 Å². The lowest BCUT2D eigenvalue weighted by Crippen LogP contribution is -1.99. The lowest BCUT2D eigenvalue weighted by Gasteiger charge is -2.09. The Kier molecular flexibility index (Phi) is 3.23. The average Bonchev–Trinajstić information content (AvgIpc) is 2.49. The molecule has 0 bridgehead atoms. The van der Waals surface area contributed by atoms with E-state index in [1.807, 2.05) is 30.3 Å². The van der Waals surface area contributed by atoms with Gasteiger partial charge >= 0.3 is 0 Å². The molecule has 0 atom stereocenters. The molecule has 0 saturated carbocycles. The zero-order valence-electron chi connectivity index (χ0n) is 11.0. The van der Waals surface area contributed by atoms with Gasteiger partial charge < -0.3 is 10.8 Å². The number of halogens is 1. The normalized spacial score (nSPS) is 10.5. The highest BCUT2D eigenvalue weighted by atomic mass is 19.1. The molecular weight excluding hydrogens is 269 g/mol. The van der Waals surface area contributed by atoms with Crippen molar-refractivity contribution in [1.29, 1.82) is 0 Å². The molecule has 0 radical (unpaired) electrons. The van der Waals surface area contributed by atoms with Crippen LogP contribution < -0.4 is 5.73 Å². The summed E-state index contributed by atoms with van der Waals surface area (Å²) in [7, 11) is 0. The van der Waals surface area contributed by atoms with Crippen molar-refractivity contribution < 1.29 is 9.50 Å². The lowest BCUT2D eigenvalue weighted by molar-refractivity contribution is 0.471. The SMILES string of the molecule is Nc1nnc(-c2c(O)cccc2F)cc1-c1ccccc1. The summed E-state index contributed by atoms with van der Waals surface area (Å²) in [6.45, 7) is 0. The molecule has 0 aliphatic carbocycles. The molecule has 0 aliphatic heterocycles. The van der Waals surface area contributed by atoms with Gasteiger partial charge in [-0.3, -0.25) is 0 Å². The fourth-order valence-electron chi connectivity index (χ4n) is 2.14. The quantitative estimate of drug-likeness (QED) is 0.756. The first-order valence-corrected chi connectivity index (χ1v) is 6.33. The van der Waals surface area contributed by atoms with Crippen LogP contribution in [0.5, 0.6) is 5.75 Å². The van der Waals surface area contributed by atoms with E-state index in [0.29, 0.717) is 5.56 Å². The minimum absolute atomic E-state index is 0.0159. The monoisotopic (exact) mass is 281 g/mol. The Labute approximate surface area is 120 Å². The molecule has 3 N–H and O–H groups in total. The molecule has 0 spiro atoms. The molecule has 0 aliphatic rings. The molecule has 1 aromatic heterocycles. The second-order valence-electron chi connectivity index (χ2n) is 4.53. The second-order valence-corrected chi connectivity index (χ2v) is 4.53. The van der Waals surface area contributed by atoms with Gasteiger partial charge in [0.1, 0.15) is 17.3 Å². The van der Waals surface area contributed by atoms with Crippen LogP contribution >= 0.6 is 0 Å². The summed E-state index contributed by atoms with van der Waals surface area (Å²) in [5.41, 5.74) is 7.59. The number of nitrogens with zero attached hydrogens (tertiary/aromatic N) is 2. The van der Waals surface area contributed by atoms with Crippen LogP contribution in [0, 0.1) is 5.82 Å². The predicted molar refractivity (Wildman–Crippen MR) is 78.9 cm³/mol. The Morgan fingerprint density at radius 1 is 0.952 bits per heavy atom. The molecule has 104 valence electrons. The van der Waals surface area contributed by atoms with Crippen LogP contribution in [-0.2, 0) is 0 Å². The number of aromatic nitrogens is 2. The van der Waals surface area contributed by atoms with E-state index in [4.69, 9.17) is 5.73 Å². The van der Waals surface area contributed by atoms with Crippen molar-refractivity contribution in [3.63, 3.8) is 0 Å². The molecule has 0 amide bonds. The van der Waals surface area contributed by atoms with Gasteiger partial charge in [-0.2, -0.15) is 0 Å². The first kappa shape index (κ1) is 13.1. The Hall–Kier alpha value is -2.95. The number of nitrogens with two attached hydrogens (primary N) is 1. The average molecular weight is 281 g/mol. The smallest absolute Gasteiger partial charge is 0.154 e. The molecule has 0 fully saturated rings. The van der Waals surface area contributed by atoms with Gasteiger partial charge in [-0.25, -0.2) is 4.39 Å². The Morgan fingerprint density at radius 3 is 2.43 bits per heavy atom. The third-order valence-corrected chi connectivity index (χ3v) is 3.16. The van der Waals surface area contributed by atoms with E-state index >= 15 is 0 Å². The van der Waals surface area contributed by atoms with Crippen molar-refractivity contribution in [2.24, 2.45) is 0 Å². The first-order chi connectivity index (χ1) is 10.2. The van der Waals surface area contributed by atoms with Crippen LogP contribution in [0.3, 0.4) is 0 Å². The minimum Gasteiger partial charge on any atom is -0.507 e. The van der Waals surface area contributed by atoms with Crippen molar-refractivity contribution >= 4 is 5.82 Å². The molecule has 2 aromatic carbocycles. The zero-order chi connectivity index (χ0) is 14.8. The number of rotatable bonds is 2. The molecular formula is C16H12FN3O. The number of phenolic OH excluding ortho intramolecular Hbond substituents is 1. The van der Waals surface area contributed by atoms with Crippen LogP contribution in [0.15, 0.2) is 54.6 Å². The Morgan fingerprint density at radius 2 is 1.71 bits per heavy atom. The van der Waals surface area contributed by atoms with E-state index in [1.54, 1.807) is 6.07 Å². The second kappa shape index (κ2) is 5.20. The third kappa shape index (κ3) is 2.41. The van der Waals surface area contributed by atoms with Gasteiger partial charge in [0, 0.05) is 5.56 Å². The van der Waals surface area contributed by atoms with E-state index in [0.717, 1.165) is 5.56 Å². The maximum Gasteiger partial charge on any atom is 0.154 e. The number of anilines is 1. The lowest BCUT2D eigenvalue weighted by atomic mass is 10.0. The Bertz CT molecular complexity index is 771. The molecule has 5 heteroatoms. The van der Waals surface area contributed by atoms with E-state index in [9.17, 15) is 9.50 Å². The first-order valence-electron chi connectivity index (χ1n) is 6.33. The highest BCUT2D eigenvalue weighted by Gasteiger charge is 2.15. The summed E-state index contributed by atoms with van der Waals surface area (Å²) in [4.78, 5) is 0.